The predicted octanol–water partition coefficient (Wildman–Crippen LogP) is 4.46. The van der Waals surface area contributed by atoms with Crippen molar-refractivity contribution in [3.05, 3.63) is 66.8 Å². The Labute approximate surface area is 205 Å². The Morgan fingerprint density at radius 1 is 0.857 bits per heavy atom. The number of aliphatic hydroxyl groups is 1. The number of benzene rings is 2. The van der Waals surface area contributed by atoms with E-state index in [9.17, 15) is 14.7 Å². The summed E-state index contributed by atoms with van der Waals surface area (Å²) in [7, 11) is 0. The quantitative estimate of drug-likeness (QED) is 0.138. The summed E-state index contributed by atoms with van der Waals surface area (Å²) in [4.78, 5) is 22.9. The number of esters is 2. The summed E-state index contributed by atoms with van der Waals surface area (Å²) in [6.45, 7) is 12.6. The van der Waals surface area contributed by atoms with Crippen molar-refractivity contribution in [2.45, 2.75) is 33.5 Å². The van der Waals surface area contributed by atoms with Crippen LogP contribution in [0.4, 0.5) is 0 Å². The Bertz CT molecular complexity index is 1030. The fourth-order valence-corrected chi connectivity index (χ4v) is 2.69. The lowest BCUT2D eigenvalue weighted by Crippen LogP contribution is -2.15. The van der Waals surface area contributed by atoms with Gasteiger partial charge in [-0.2, -0.15) is 0 Å². The molecule has 0 radical (unpaired) electrons. The normalized spacial score (nSPS) is 11.2. The molecule has 2 aromatic rings. The average Bonchev–Trinajstić information content (AvgIpc) is 2.84. The Morgan fingerprint density at radius 2 is 1.46 bits per heavy atom. The molecule has 0 saturated carbocycles. The zero-order valence-corrected chi connectivity index (χ0v) is 20.4. The monoisotopic (exact) mass is 484 g/mol. The lowest BCUT2D eigenvalue weighted by molar-refractivity contribution is -0.144. The highest BCUT2D eigenvalue weighted by molar-refractivity contribution is 5.86. The van der Waals surface area contributed by atoms with E-state index in [1.165, 1.54) is 0 Å². The van der Waals surface area contributed by atoms with E-state index in [2.05, 4.69) is 13.2 Å². The molecule has 1 N–H and O–H groups in total. The first-order valence-electron chi connectivity index (χ1n) is 11.2. The van der Waals surface area contributed by atoms with Gasteiger partial charge in [0, 0.05) is 12.0 Å². The maximum atomic E-state index is 11.6. The number of carbonyl (C=O) groups excluding carboxylic acids is 2. The molecule has 8 heteroatoms. The molecule has 0 heterocycles. The fourth-order valence-electron chi connectivity index (χ4n) is 2.69. The third-order valence-corrected chi connectivity index (χ3v) is 4.62. The van der Waals surface area contributed by atoms with E-state index in [4.69, 9.17) is 23.7 Å². The van der Waals surface area contributed by atoms with Gasteiger partial charge in [0.05, 0.1) is 0 Å². The van der Waals surface area contributed by atoms with Gasteiger partial charge in [-0.15, -0.1) is 0 Å². The molecular weight excluding hydrogens is 452 g/mol. The first kappa shape index (κ1) is 27.5. The van der Waals surface area contributed by atoms with Gasteiger partial charge in [-0.1, -0.05) is 38.3 Å². The third kappa shape index (κ3) is 9.17. The number of aliphatic hydroxyl groups excluding tert-OH is 1. The number of hydrogen-bond acceptors (Lipinski definition) is 8. The summed E-state index contributed by atoms with van der Waals surface area (Å²) in [5.74, 6) is 0.603. The van der Waals surface area contributed by atoms with Crippen molar-refractivity contribution < 1.29 is 38.4 Å². The third-order valence-electron chi connectivity index (χ3n) is 4.62. The maximum absolute atomic E-state index is 11.6. The van der Waals surface area contributed by atoms with Crippen molar-refractivity contribution in [1.29, 1.82) is 0 Å². The zero-order valence-electron chi connectivity index (χ0n) is 20.4. The van der Waals surface area contributed by atoms with Crippen LogP contribution < -0.4 is 14.2 Å². The van der Waals surface area contributed by atoms with Crippen LogP contribution in [0.3, 0.4) is 0 Å². The maximum Gasteiger partial charge on any atom is 0.333 e. The summed E-state index contributed by atoms with van der Waals surface area (Å²) in [6.07, 6.45) is -0.782. The van der Waals surface area contributed by atoms with Crippen LogP contribution in [0.15, 0.2) is 66.8 Å². The van der Waals surface area contributed by atoms with Crippen molar-refractivity contribution in [1.82, 2.24) is 0 Å². The van der Waals surface area contributed by atoms with E-state index in [0.717, 1.165) is 11.1 Å². The Kier molecular flexibility index (Phi) is 10.8. The van der Waals surface area contributed by atoms with Crippen molar-refractivity contribution in [3.8, 4) is 28.4 Å². The molecule has 0 saturated heterocycles. The second kappa shape index (κ2) is 13.8. The highest BCUT2D eigenvalue weighted by Crippen LogP contribution is 2.33. The van der Waals surface area contributed by atoms with Gasteiger partial charge in [0.15, 0.2) is 11.5 Å². The number of ether oxygens (including phenoxy) is 5. The molecule has 0 aliphatic rings. The lowest BCUT2D eigenvalue weighted by Gasteiger charge is -2.15. The highest BCUT2D eigenvalue weighted by atomic mass is 16.6. The van der Waals surface area contributed by atoms with Gasteiger partial charge >= 0.3 is 11.9 Å². The smallest absolute Gasteiger partial charge is 0.333 e. The molecule has 0 bridgehead atoms. The zero-order chi connectivity index (χ0) is 25.8. The summed E-state index contributed by atoms with van der Waals surface area (Å²) in [5, 5.41) is 9.82. The molecule has 0 spiro atoms. The molecule has 1 unspecified atom stereocenters. The van der Waals surface area contributed by atoms with E-state index in [0.29, 0.717) is 34.8 Å². The van der Waals surface area contributed by atoms with Crippen molar-refractivity contribution >= 4 is 11.9 Å². The SMILES string of the molecule is C=C(C)C(=O)OCCOc1cc(-c2ccc(OC(O)C(=C)C)cc2)ccc1OCCOC(=O)CC. The molecule has 8 nitrogen and oxygen atoms in total. The minimum absolute atomic E-state index is 0.0422. The van der Waals surface area contributed by atoms with Crippen LogP contribution >= 0.6 is 0 Å². The topological polar surface area (TPSA) is 101 Å². The Morgan fingerprint density at radius 3 is 2.06 bits per heavy atom. The molecule has 2 rings (SSSR count). The predicted molar refractivity (Wildman–Crippen MR) is 131 cm³/mol. The molecule has 0 aliphatic heterocycles. The Balaban J connectivity index is 2.12. The molecule has 2 aromatic carbocycles. The second-order valence-corrected chi connectivity index (χ2v) is 7.69. The fraction of sp³-hybridized carbons (Fsp3) is 0.333. The van der Waals surface area contributed by atoms with Gasteiger partial charge in [-0.3, -0.25) is 4.79 Å². The average molecular weight is 485 g/mol. The molecule has 0 fully saturated rings. The van der Waals surface area contributed by atoms with E-state index >= 15 is 0 Å². The first-order valence-corrected chi connectivity index (χ1v) is 11.2. The van der Waals surface area contributed by atoms with E-state index in [-0.39, 0.29) is 32.4 Å². The molecule has 0 amide bonds. The van der Waals surface area contributed by atoms with E-state index in [1.807, 2.05) is 18.2 Å². The highest BCUT2D eigenvalue weighted by Gasteiger charge is 2.11. The summed E-state index contributed by atoms with van der Waals surface area (Å²) >= 11 is 0. The molecule has 1 atom stereocenters. The largest absolute Gasteiger partial charge is 0.486 e. The van der Waals surface area contributed by atoms with Gasteiger partial charge < -0.3 is 28.8 Å². The van der Waals surface area contributed by atoms with Crippen LogP contribution in [0.1, 0.15) is 27.2 Å². The summed E-state index contributed by atoms with van der Waals surface area (Å²) in [5.41, 5.74) is 2.53. The lowest BCUT2D eigenvalue weighted by atomic mass is 10.0. The first-order chi connectivity index (χ1) is 16.7. The van der Waals surface area contributed by atoms with Crippen LogP contribution in [0.25, 0.3) is 11.1 Å². The minimum Gasteiger partial charge on any atom is -0.486 e. The second-order valence-electron chi connectivity index (χ2n) is 7.69. The van der Waals surface area contributed by atoms with Gasteiger partial charge in [0.25, 0.3) is 0 Å². The molecular formula is C27H32O8. The Hall–Kier alpha value is -3.78. The standard InChI is InChI=1S/C27H32O8/c1-6-25(28)33-15-13-31-23-12-9-21(17-24(23)32-14-16-34-26(29)18(2)3)20-7-10-22(11-8-20)35-27(30)19(4)5/h7-12,17,27,30H,2,4,6,13-16H2,1,3,5H3. The number of rotatable bonds is 14. The number of carbonyl (C=O) groups is 2. The van der Waals surface area contributed by atoms with Crippen molar-refractivity contribution in [2.24, 2.45) is 0 Å². The van der Waals surface area contributed by atoms with Gasteiger partial charge in [-0.05, 0) is 54.8 Å². The minimum atomic E-state index is -1.08. The van der Waals surface area contributed by atoms with Crippen molar-refractivity contribution in [3.63, 3.8) is 0 Å². The van der Waals surface area contributed by atoms with E-state index < -0.39 is 12.3 Å². The summed E-state index contributed by atoms with van der Waals surface area (Å²) in [6, 6.07) is 12.6. The molecule has 35 heavy (non-hydrogen) atoms. The number of hydrogen-bond donors (Lipinski definition) is 1. The van der Waals surface area contributed by atoms with Crippen molar-refractivity contribution in [2.75, 3.05) is 26.4 Å². The van der Waals surface area contributed by atoms with Gasteiger partial charge in [-0.25, -0.2) is 4.79 Å². The molecule has 0 aromatic heterocycles. The van der Waals surface area contributed by atoms with Crippen LogP contribution in [0, 0.1) is 0 Å². The molecule has 188 valence electrons. The van der Waals surface area contributed by atoms with Gasteiger partial charge in [0.2, 0.25) is 6.29 Å². The van der Waals surface area contributed by atoms with E-state index in [1.54, 1.807) is 45.0 Å². The van der Waals surface area contributed by atoms with Crippen LogP contribution in [0.5, 0.6) is 17.2 Å². The van der Waals surface area contributed by atoms with Gasteiger partial charge in [0.1, 0.15) is 32.2 Å². The van der Waals surface area contributed by atoms with Crippen LogP contribution in [-0.4, -0.2) is 49.8 Å². The van der Waals surface area contributed by atoms with Crippen LogP contribution in [-0.2, 0) is 19.1 Å². The molecule has 0 aliphatic carbocycles. The van der Waals surface area contributed by atoms with Crippen LogP contribution in [0.2, 0.25) is 0 Å². The summed E-state index contributed by atoms with van der Waals surface area (Å²) < 4.78 is 27.1.